The van der Waals surface area contributed by atoms with Crippen molar-refractivity contribution in [1.29, 1.82) is 10.5 Å². The third kappa shape index (κ3) is 3.11. The number of nitrogens with zero attached hydrogens (tertiary/aromatic N) is 2. The van der Waals surface area contributed by atoms with Gasteiger partial charge >= 0.3 is 0 Å². The number of rotatable bonds is 6. The second kappa shape index (κ2) is 6.77. The van der Waals surface area contributed by atoms with Gasteiger partial charge in [-0.25, -0.2) is 0 Å². The summed E-state index contributed by atoms with van der Waals surface area (Å²) in [7, 11) is 0. The number of hydrogen-bond acceptors (Lipinski definition) is 2. The molecule has 0 aliphatic heterocycles. The number of unbranched alkanes of at least 4 members (excludes halogenated alkanes) is 3. The quantitative estimate of drug-likeness (QED) is 0.710. The highest BCUT2D eigenvalue weighted by molar-refractivity contribution is 5.44. The Morgan fingerprint density at radius 1 is 1.19 bits per heavy atom. The lowest BCUT2D eigenvalue weighted by atomic mass is 9.73. The van der Waals surface area contributed by atoms with Crippen LogP contribution in [0.15, 0.2) is 18.2 Å². The molecule has 2 heteroatoms. The molecule has 2 rings (SSSR count). The Hall–Kier alpha value is -1.80. The van der Waals surface area contributed by atoms with Gasteiger partial charge in [0.2, 0.25) is 0 Å². The summed E-state index contributed by atoms with van der Waals surface area (Å²) >= 11 is 0. The lowest BCUT2D eigenvalue weighted by Gasteiger charge is -2.26. The molecule has 0 aromatic heterocycles. The van der Waals surface area contributed by atoms with Crippen LogP contribution < -0.4 is 0 Å². The Labute approximate surface area is 128 Å². The summed E-state index contributed by atoms with van der Waals surface area (Å²) in [6.07, 6.45) is 8.07. The summed E-state index contributed by atoms with van der Waals surface area (Å²) in [4.78, 5) is 0. The molecule has 2 nitrogen and oxygen atoms in total. The zero-order valence-electron chi connectivity index (χ0n) is 13.2. The van der Waals surface area contributed by atoms with Crippen LogP contribution in [0.4, 0.5) is 0 Å². The van der Waals surface area contributed by atoms with Crippen LogP contribution in [0.25, 0.3) is 0 Å². The summed E-state index contributed by atoms with van der Waals surface area (Å²) in [5.74, 6) is -0.547. The minimum Gasteiger partial charge on any atom is -0.197 e. The van der Waals surface area contributed by atoms with Gasteiger partial charge in [-0.3, -0.25) is 0 Å². The number of benzene rings is 1. The second-order valence-electron chi connectivity index (χ2n) is 6.41. The van der Waals surface area contributed by atoms with Crippen molar-refractivity contribution in [1.82, 2.24) is 0 Å². The molecule has 0 N–H and O–H groups in total. The van der Waals surface area contributed by atoms with Crippen LogP contribution in [0.5, 0.6) is 0 Å². The van der Waals surface area contributed by atoms with E-state index in [9.17, 15) is 10.5 Å². The number of aryl methyl sites for hydroxylation is 2. The van der Waals surface area contributed by atoms with E-state index in [2.05, 4.69) is 44.2 Å². The van der Waals surface area contributed by atoms with Crippen molar-refractivity contribution in [2.45, 2.75) is 64.2 Å². The molecule has 0 spiro atoms. The van der Waals surface area contributed by atoms with Gasteiger partial charge in [-0.05, 0) is 42.4 Å². The maximum atomic E-state index is 9.27. The van der Waals surface area contributed by atoms with Crippen LogP contribution in [-0.2, 0) is 18.3 Å². The maximum Gasteiger partial charge on any atom is 0.142 e. The summed E-state index contributed by atoms with van der Waals surface area (Å²) in [5.41, 5.74) is 3.62. The molecule has 0 saturated carbocycles. The van der Waals surface area contributed by atoms with E-state index in [-0.39, 0.29) is 5.41 Å². The minimum absolute atomic E-state index is 0.293. The minimum atomic E-state index is -0.547. The van der Waals surface area contributed by atoms with Gasteiger partial charge in [0.1, 0.15) is 5.92 Å². The molecule has 1 aliphatic carbocycles. The molecule has 110 valence electrons. The molecule has 1 atom stereocenters. The fourth-order valence-electron chi connectivity index (χ4n) is 3.43. The third-order valence-electron chi connectivity index (χ3n) is 4.92. The Bertz CT molecular complexity index is 562. The molecule has 1 aromatic rings. The Kier molecular flexibility index (Phi) is 5.03. The topological polar surface area (TPSA) is 47.6 Å². The number of nitriles is 2. The van der Waals surface area contributed by atoms with Gasteiger partial charge in [-0.15, -0.1) is 0 Å². The maximum absolute atomic E-state index is 9.27. The van der Waals surface area contributed by atoms with Crippen LogP contribution >= 0.6 is 0 Å². The fraction of sp³-hybridized carbons (Fsp3) is 0.579. The number of fused-ring (bicyclic) bond motifs is 1. The van der Waals surface area contributed by atoms with E-state index in [0.717, 1.165) is 19.3 Å². The Balaban J connectivity index is 2.19. The first-order valence-electron chi connectivity index (χ1n) is 8.07. The van der Waals surface area contributed by atoms with Gasteiger partial charge in [0, 0.05) is 5.41 Å². The standard InChI is InChI=1S/C19H24N2/c1-3-4-5-6-7-15-8-9-16-10-11-19(2,18(16)12-15)17(13-20)14-21/h8-9,12,17H,3-7,10-11H2,1-2H3. The van der Waals surface area contributed by atoms with Crippen LogP contribution in [0.2, 0.25) is 0 Å². The van der Waals surface area contributed by atoms with Gasteiger partial charge < -0.3 is 0 Å². The van der Waals surface area contributed by atoms with Crippen molar-refractivity contribution in [2.24, 2.45) is 5.92 Å². The average molecular weight is 280 g/mol. The number of hydrogen-bond donors (Lipinski definition) is 0. The predicted octanol–water partition coefficient (Wildman–Crippen LogP) is 4.68. The normalized spacial score (nSPS) is 20.0. The van der Waals surface area contributed by atoms with E-state index in [4.69, 9.17) is 0 Å². The van der Waals surface area contributed by atoms with Gasteiger partial charge in [-0.1, -0.05) is 51.3 Å². The van der Waals surface area contributed by atoms with E-state index < -0.39 is 5.92 Å². The van der Waals surface area contributed by atoms with Gasteiger partial charge in [-0.2, -0.15) is 10.5 Å². The van der Waals surface area contributed by atoms with Crippen LogP contribution in [0, 0.1) is 28.6 Å². The first kappa shape index (κ1) is 15.6. The highest BCUT2D eigenvalue weighted by Crippen LogP contribution is 2.44. The van der Waals surface area contributed by atoms with E-state index in [1.54, 1.807) is 0 Å². The molecule has 0 bridgehead atoms. The largest absolute Gasteiger partial charge is 0.197 e. The van der Waals surface area contributed by atoms with E-state index >= 15 is 0 Å². The molecule has 0 radical (unpaired) electrons. The highest BCUT2D eigenvalue weighted by Gasteiger charge is 2.41. The zero-order chi connectivity index (χ0) is 15.3. The second-order valence-corrected chi connectivity index (χ2v) is 6.41. The third-order valence-corrected chi connectivity index (χ3v) is 4.92. The van der Waals surface area contributed by atoms with Crippen molar-refractivity contribution >= 4 is 0 Å². The van der Waals surface area contributed by atoms with E-state index in [1.165, 1.54) is 42.4 Å². The fourth-order valence-corrected chi connectivity index (χ4v) is 3.43. The van der Waals surface area contributed by atoms with E-state index in [0.29, 0.717) is 0 Å². The molecule has 0 amide bonds. The monoisotopic (exact) mass is 280 g/mol. The van der Waals surface area contributed by atoms with Crippen molar-refractivity contribution in [2.75, 3.05) is 0 Å². The van der Waals surface area contributed by atoms with Crippen LogP contribution in [0.1, 0.15) is 62.6 Å². The zero-order valence-corrected chi connectivity index (χ0v) is 13.2. The summed E-state index contributed by atoms with van der Waals surface area (Å²) in [6, 6.07) is 11.1. The van der Waals surface area contributed by atoms with Gasteiger partial charge in [0.15, 0.2) is 0 Å². The highest BCUT2D eigenvalue weighted by atomic mass is 14.5. The molecule has 1 aromatic carbocycles. The average Bonchev–Trinajstić information content (AvgIpc) is 2.83. The van der Waals surface area contributed by atoms with Crippen molar-refractivity contribution in [3.8, 4) is 12.1 Å². The molecule has 0 fully saturated rings. The van der Waals surface area contributed by atoms with Crippen molar-refractivity contribution in [3.63, 3.8) is 0 Å². The van der Waals surface area contributed by atoms with Crippen molar-refractivity contribution in [3.05, 3.63) is 34.9 Å². The Morgan fingerprint density at radius 3 is 2.62 bits per heavy atom. The lowest BCUT2D eigenvalue weighted by Crippen LogP contribution is -2.27. The lowest BCUT2D eigenvalue weighted by molar-refractivity contribution is 0.413. The van der Waals surface area contributed by atoms with Gasteiger partial charge in [0.25, 0.3) is 0 Å². The first-order chi connectivity index (χ1) is 10.2. The molecule has 0 saturated heterocycles. The smallest absolute Gasteiger partial charge is 0.142 e. The molecular formula is C19H24N2. The molecular weight excluding hydrogens is 256 g/mol. The van der Waals surface area contributed by atoms with Crippen molar-refractivity contribution < 1.29 is 0 Å². The summed E-state index contributed by atoms with van der Waals surface area (Å²) in [5, 5.41) is 18.5. The molecule has 0 heterocycles. The van der Waals surface area contributed by atoms with Crippen LogP contribution in [0.3, 0.4) is 0 Å². The first-order valence-corrected chi connectivity index (χ1v) is 8.07. The molecule has 1 unspecified atom stereocenters. The Morgan fingerprint density at radius 2 is 1.95 bits per heavy atom. The van der Waals surface area contributed by atoms with Gasteiger partial charge in [0.05, 0.1) is 12.1 Å². The predicted molar refractivity (Wildman–Crippen MR) is 84.7 cm³/mol. The molecule has 1 aliphatic rings. The molecule has 21 heavy (non-hydrogen) atoms. The SMILES string of the molecule is CCCCCCc1ccc2c(c1)C(C)(C(C#N)C#N)CC2. The van der Waals surface area contributed by atoms with E-state index in [1.807, 2.05) is 0 Å². The van der Waals surface area contributed by atoms with Crippen LogP contribution in [-0.4, -0.2) is 0 Å². The summed E-state index contributed by atoms with van der Waals surface area (Å²) in [6.45, 7) is 4.31. The summed E-state index contributed by atoms with van der Waals surface area (Å²) < 4.78 is 0.